The van der Waals surface area contributed by atoms with Crippen LogP contribution in [0.4, 0.5) is 5.82 Å². The van der Waals surface area contributed by atoms with Gasteiger partial charge in [-0.25, -0.2) is 13.4 Å². The van der Waals surface area contributed by atoms with Crippen molar-refractivity contribution in [1.29, 1.82) is 0 Å². The lowest BCUT2D eigenvalue weighted by molar-refractivity contribution is 0.0991. The summed E-state index contributed by atoms with van der Waals surface area (Å²) in [5.41, 5.74) is 1.74. The van der Waals surface area contributed by atoms with E-state index in [1.165, 1.54) is 24.3 Å². The number of aromatic nitrogens is 1. The van der Waals surface area contributed by atoms with Gasteiger partial charge in [-0.15, -0.1) is 0 Å². The minimum absolute atomic E-state index is 0.101. The zero-order valence-corrected chi connectivity index (χ0v) is 14.5. The maximum atomic E-state index is 12.6. The molecule has 1 N–H and O–H groups in total. The van der Waals surface area contributed by atoms with Crippen LogP contribution in [-0.4, -0.2) is 19.3 Å². The van der Waals surface area contributed by atoms with Crippen molar-refractivity contribution in [3.05, 3.63) is 71.6 Å². The van der Waals surface area contributed by atoms with E-state index in [1.54, 1.807) is 37.4 Å². The molecule has 0 unspecified atom stereocenters. The van der Waals surface area contributed by atoms with Crippen molar-refractivity contribution in [2.45, 2.75) is 23.8 Å². The van der Waals surface area contributed by atoms with E-state index in [9.17, 15) is 13.2 Å². The molecule has 0 fully saturated rings. The second-order valence-corrected chi connectivity index (χ2v) is 7.44. The third-order valence-electron chi connectivity index (χ3n) is 3.64. The molecule has 0 saturated heterocycles. The van der Waals surface area contributed by atoms with E-state index in [-0.39, 0.29) is 15.7 Å². The normalized spacial score (nSPS) is 11.3. The van der Waals surface area contributed by atoms with Gasteiger partial charge in [0.1, 0.15) is 5.82 Å². The smallest absolute Gasteiger partial charge is 0.292 e. The Bertz CT molecular complexity index is 1020. The number of rotatable bonds is 4. The maximum absolute atomic E-state index is 12.6. The minimum atomic E-state index is -3.81. The van der Waals surface area contributed by atoms with Gasteiger partial charge in [0, 0.05) is 6.20 Å². The SMILES string of the molecule is Cc1ccc(S(=O)(=O)c2ccc(C(=O)Nc3ncccc3C)o2)cc1. The predicted octanol–water partition coefficient (Wildman–Crippen LogP) is 3.38. The number of nitrogens with one attached hydrogen (secondary N) is 1. The lowest BCUT2D eigenvalue weighted by atomic mass is 10.2. The molecule has 25 heavy (non-hydrogen) atoms. The first-order valence-corrected chi connectivity index (χ1v) is 9.01. The van der Waals surface area contributed by atoms with Crippen LogP contribution < -0.4 is 5.32 Å². The van der Waals surface area contributed by atoms with Crippen LogP contribution in [0, 0.1) is 13.8 Å². The first-order chi connectivity index (χ1) is 11.9. The van der Waals surface area contributed by atoms with Crippen LogP contribution >= 0.6 is 0 Å². The molecule has 2 heterocycles. The summed E-state index contributed by atoms with van der Waals surface area (Å²) in [6.45, 7) is 3.67. The summed E-state index contributed by atoms with van der Waals surface area (Å²) in [5, 5.41) is 2.32. The molecule has 1 aromatic carbocycles. The molecule has 0 bridgehead atoms. The Morgan fingerprint density at radius 2 is 1.76 bits per heavy atom. The standard InChI is InChI=1S/C18H16N2O4S/c1-12-5-7-14(8-6-12)25(22,23)16-10-9-15(24-16)18(21)20-17-13(2)4-3-11-19-17/h3-11H,1-2H3,(H,19,20,21). The number of sulfone groups is 1. The second kappa shape index (κ2) is 6.52. The molecule has 1 amide bonds. The third-order valence-corrected chi connectivity index (χ3v) is 5.28. The van der Waals surface area contributed by atoms with Gasteiger partial charge in [-0.05, 0) is 49.7 Å². The Hall–Kier alpha value is -2.93. The number of hydrogen-bond donors (Lipinski definition) is 1. The van der Waals surface area contributed by atoms with E-state index in [0.717, 1.165) is 11.1 Å². The Morgan fingerprint density at radius 1 is 1.04 bits per heavy atom. The molecular weight excluding hydrogens is 340 g/mol. The van der Waals surface area contributed by atoms with E-state index in [2.05, 4.69) is 10.3 Å². The summed E-state index contributed by atoms with van der Waals surface area (Å²) >= 11 is 0. The summed E-state index contributed by atoms with van der Waals surface area (Å²) in [7, 11) is -3.81. The molecule has 0 aliphatic heterocycles. The highest BCUT2D eigenvalue weighted by atomic mass is 32.2. The Labute approximate surface area is 145 Å². The van der Waals surface area contributed by atoms with E-state index in [4.69, 9.17) is 4.42 Å². The molecule has 3 aromatic rings. The molecule has 0 atom stereocenters. The van der Waals surface area contributed by atoms with Crippen LogP contribution in [0.5, 0.6) is 0 Å². The number of pyridine rings is 1. The van der Waals surface area contributed by atoms with Gasteiger partial charge in [-0.2, -0.15) is 0 Å². The first-order valence-electron chi connectivity index (χ1n) is 7.52. The summed E-state index contributed by atoms with van der Waals surface area (Å²) < 4.78 is 30.4. The third kappa shape index (κ3) is 3.46. The molecule has 2 aromatic heterocycles. The van der Waals surface area contributed by atoms with Crippen molar-refractivity contribution >= 4 is 21.6 Å². The molecule has 0 aliphatic carbocycles. The number of amides is 1. The van der Waals surface area contributed by atoms with Crippen molar-refractivity contribution < 1.29 is 17.6 Å². The van der Waals surface area contributed by atoms with Crippen molar-refractivity contribution in [3.63, 3.8) is 0 Å². The number of nitrogens with zero attached hydrogens (tertiary/aromatic N) is 1. The van der Waals surface area contributed by atoms with Crippen LogP contribution in [0.25, 0.3) is 0 Å². The van der Waals surface area contributed by atoms with Crippen LogP contribution in [-0.2, 0) is 9.84 Å². The van der Waals surface area contributed by atoms with E-state index in [1.807, 2.05) is 6.92 Å². The highest BCUT2D eigenvalue weighted by Gasteiger charge is 2.23. The van der Waals surface area contributed by atoms with Gasteiger partial charge < -0.3 is 9.73 Å². The fourth-order valence-corrected chi connectivity index (χ4v) is 3.38. The maximum Gasteiger partial charge on any atom is 0.292 e. The summed E-state index contributed by atoms with van der Waals surface area (Å²) in [5.74, 6) is -0.269. The van der Waals surface area contributed by atoms with Crippen LogP contribution in [0.15, 0.2) is 69.1 Å². The average molecular weight is 356 g/mol. The molecule has 6 nitrogen and oxygen atoms in total. The predicted molar refractivity (Wildman–Crippen MR) is 92.3 cm³/mol. The zero-order valence-electron chi connectivity index (χ0n) is 13.7. The topological polar surface area (TPSA) is 89.3 Å². The van der Waals surface area contributed by atoms with Crippen molar-refractivity contribution in [1.82, 2.24) is 4.98 Å². The molecule has 7 heteroatoms. The molecule has 0 spiro atoms. The number of furan rings is 1. The second-order valence-electron chi connectivity index (χ2n) is 5.56. The van der Waals surface area contributed by atoms with Gasteiger partial charge in [-0.3, -0.25) is 4.79 Å². The van der Waals surface area contributed by atoms with Gasteiger partial charge in [0.2, 0.25) is 14.9 Å². The summed E-state index contributed by atoms with van der Waals surface area (Å²) in [4.78, 5) is 16.4. The van der Waals surface area contributed by atoms with Gasteiger partial charge in [0.15, 0.2) is 5.76 Å². The average Bonchev–Trinajstić information content (AvgIpc) is 3.08. The van der Waals surface area contributed by atoms with Crippen LogP contribution in [0.1, 0.15) is 21.7 Å². The molecule has 0 saturated carbocycles. The zero-order chi connectivity index (χ0) is 18.0. The lowest BCUT2D eigenvalue weighted by Gasteiger charge is -2.05. The number of carbonyl (C=O) groups excluding carboxylic acids is 1. The molecule has 128 valence electrons. The van der Waals surface area contributed by atoms with E-state index >= 15 is 0 Å². The number of benzene rings is 1. The van der Waals surface area contributed by atoms with Crippen molar-refractivity contribution in [2.24, 2.45) is 0 Å². The number of aryl methyl sites for hydroxylation is 2. The largest absolute Gasteiger partial charge is 0.439 e. The number of hydrogen-bond acceptors (Lipinski definition) is 5. The highest BCUT2D eigenvalue weighted by Crippen LogP contribution is 2.23. The molecule has 0 aliphatic rings. The Morgan fingerprint density at radius 3 is 2.44 bits per heavy atom. The Kier molecular flexibility index (Phi) is 4.41. The van der Waals surface area contributed by atoms with Crippen molar-refractivity contribution in [3.8, 4) is 0 Å². The van der Waals surface area contributed by atoms with Gasteiger partial charge in [-0.1, -0.05) is 23.8 Å². The Balaban J connectivity index is 1.85. The van der Waals surface area contributed by atoms with Crippen LogP contribution in [0.3, 0.4) is 0 Å². The first kappa shape index (κ1) is 16.9. The number of carbonyl (C=O) groups is 1. The van der Waals surface area contributed by atoms with Crippen molar-refractivity contribution in [2.75, 3.05) is 5.32 Å². The minimum Gasteiger partial charge on any atom is -0.439 e. The van der Waals surface area contributed by atoms with Gasteiger partial charge in [0.05, 0.1) is 4.90 Å². The van der Waals surface area contributed by atoms with Crippen LogP contribution in [0.2, 0.25) is 0 Å². The van der Waals surface area contributed by atoms with Gasteiger partial charge in [0.25, 0.3) is 5.91 Å². The molecule has 0 radical (unpaired) electrons. The monoisotopic (exact) mass is 356 g/mol. The van der Waals surface area contributed by atoms with Gasteiger partial charge >= 0.3 is 0 Å². The fourth-order valence-electron chi connectivity index (χ4n) is 2.21. The summed E-state index contributed by atoms with van der Waals surface area (Å²) in [6.07, 6.45) is 1.55. The van der Waals surface area contributed by atoms with E-state index in [0.29, 0.717) is 5.82 Å². The quantitative estimate of drug-likeness (QED) is 0.774. The summed E-state index contributed by atoms with van der Waals surface area (Å²) in [6, 6.07) is 12.6. The number of anilines is 1. The fraction of sp³-hybridized carbons (Fsp3) is 0.111. The highest BCUT2D eigenvalue weighted by molar-refractivity contribution is 7.91. The van der Waals surface area contributed by atoms with E-state index < -0.39 is 15.7 Å². The molecular formula is C18H16N2O4S. The lowest BCUT2D eigenvalue weighted by Crippen LogP contribution is -2.13. The molecule has 3 rings (SSSR count).